The number of nitrogens with zero attached hydrogens (tertiary/aromatic N) is 1. The first-order valence-electron chi connectivity index (χ1n) is 6.02. The van der Waals surface area contributed by atoms with E-state index in [1.807, 2.05) is 19.9 Å². The summed E-state index contributed by atoms with van der Waals surface area (Å²) in [5, 5.41) is 0. The predicted molar refractivity (Wildman–Crippen MR) is 75.5 cm³/mol. The molecular weight excluding hydrogens is 240 g/mol. The standard InChI is InChI=1S/C15H16N2O2/c1-4-7-19-14-6-5-12(9-16-14)15-11(3)17-10(2)8-13(15)18/h4-6,8-9H,1,7H2,2-3H3,(H,17,18). The smallest absolute Gasteiger partial charge is 0.213 e. The van der Waals surface area contributed by atoms with Crippen molar-refractivity contribution in [2.24, 2.45) is 0 Å². The number of hydrogen-bond donors (Lipinski definition) is 1. The van der Waals surface area contributed by atoms with Crippen LogP contribution in [0.5, 0.6) is 5.88 Å². The normalized spacial score (nSPS) is 10.2. The number of pyridine rings is 2. The van der Waals surface area contributed by atoms with Gasteiger partial charge in [-0.15, -0.1) is 0 Å². The third kappa shape index (κ3) is 2.91. The maximum absolute atomic E-state index is 12.0. The highest BCUT2D eigenvalue weighted by Gasteiger charge is 2.08. The van der Waals surface area contributed by atoms with E-state index < -0.39 is 0 Å². The number of H-pyrrole nitrogens is 1. The van der Waals surface area contributed by atoms with Gasteiger partial charge in [-0.3, -0.25) is 4.79 Å². The predicted octanol–water partition coefficient (Wildman–Crippen LogP) is 2.62. The zero-order valence-electron chi connectivity index (χ0n) is 11.1. The summed E-state index contributed by atoms with van der Waals surface area (Å²) in [6, 6.07) is 5.17. The molecule has 0 aliphatic rings. The fourth-order valence-corrected chi connectivity index (χ4v) is 1.96. The van der Waals surface area contributed by atoms with Crippen molar-refractivity contribution in [2.75, 3.05) is 6.61 Å². The van der Waals surface area contributed by atoms with E-state index in [2.05, 4.69) is 16.5 Å². The maximum atomic E-state index is 12.0. The largest absolute Gasteiger partial charge is 0.473 e. The number of ether oxygens (including phenoxy) is 1. The first kappa shape index (κ1) is 13.1. The van der Waals surface area contributed by atoms with Crippen LogP contribution in [0.25, 0.3) is 11.1 Å². The average Bonchev–Trinajstić information content (AvgIpc) is 2.36. The minimum Gasteiger partial charge on any atom is -0.473 e. The van der Waals surface area contributed by atoms with E-state index in [1.165, 1.54) is 0 Å². The molecule has 0 saturated heterocycles. The lowest BCUT2D eigenvalue weighted by atomic mass is 10.1. The van der Waals surface area contributed by atoms with Gasteiger partial charge in [-0.1, -0.05) is 12.7 Å². The Kier molecular flexibility index (Phi) is 3.80. The fourth-order valence-electron chi connectivity index (χ4n) is 1.96. The molecule has 0 fully saturated rings. The van der Waals surface area contributed by atoms with E-state index in [1.54, 1.807) is 24.4 Å². The average molecular weight is 256 g/mol. The molecule has 0 amide bonds. The van der Waals surface area contributed by atoms with Crippen LogP contribution in [0.4, 0.5) is 0 Å². The van der Waals surface area contributed by atoms with Gasteiger partial charge >= 0.3 is 0 Å². The van der Waals surface area contributed by atoms with Gasteiger partial charge in [0, 0.05) is 40.8 Å². The zero-order chi connectivity index (χ0) is 13.8. The van der Waals surface area contributed by atoms with Crippen molar-refractivity contribution in [3.63, 3.8) is 0 Å². The molecule has 0 radical (unpaired) electrons. The highest BCUT2D eigenvalue weighted by molar-refractivity contribution is 5.65. The molecule has 0 spiro atoms. The monoisotopic (exact) mass is 256 g/mol. The Morgan fingerprint density at radius 1 is 1.42 bits per heavy atom. The molecule has 4 nitrogen and oxygen atoms in total. The molecule has 0 atom stereocenters. The maximum Gasteiger partial charge on any atom is 0.213 e. The van der Waals surface area contributed by atoms with Crippen LogP contribution in [0.1, 0.15) is 11.4 Å². The second-order valence-corrected chi connectivity index (χ2v) is 4.30. The van der Waals surface area contributed by atoms with Crippen LogP contribution in [0.3, 0.4) is 0 Å². The summed E-state index contributed by atoms with van der Waals surface area (Å²) in [5.74, 6) is 0.518. The van der Waals surface area contributed by atoms with E-state index in [0.29, 0.717) is 18.1 Å². The lowest BCUT2D eigenvalue weighted by molar-refractivity contribution is 0.349. The molecule has 1 N–H and O–H groups in total. The molecule has 0 bridgehead atoms. The summed E-state index contributed by atoms with van der Waals surface area (Å²) < 4.78 is 5.31. The van der Waals surface area contributed by atoms with Gasteiger partial charge in [-0.2, -0.15) is 0 Å². The summed E-state index contributed by atoms with van der Waals surface area (Å²) in [4.78, 5) is 19.4. The lowest BCUT2D eigenvalue weighted by Crippen LogP contribution is -2.09. The Hall–Kier alpha value is -2.36. The van der Waals surface area contributed by atoms with Gasteiger partial charge in [0.1, 0.15) is 6.61 Å². The van der Waals surface area contributed by atoms with Gasteiger partial charge in [0.15, 0.2) is 5.43 Å². The minimum absolute atomic E-state index is 0.00434. The van der Waals surface area contributed by atoms with Gasteiger partial charge in [-0.25, -0.2) is 4.98 Å². The summed E-state index contributed by atoms with van der Waals surface area (Å²) >= 11 is 0. The van der Waals surface area contributed by atoms with Crippen LogP contribution < -0.4 is 10.2 Å². The van der Waals surface area contributed by atoms with Crippen LogP contribution in [0.2, 0.25) is 0 Å². The van der Waals surface area contributed by atoms with Crippen LogP contribution >= 0.6 is 0 Å². The number of aromatic amines is 1. The number of aromatic nitrogens is 2. The Labute approximate surface area is 111 Å². The summed E-state index contributed by atoms with van der Waals surface area (Å²) in [6.07, 6.45) is 3.30. The van der Waals surface area contributed by atoms with Crippen molar-refractivity contribution in [2.45, 2.75) is 13.8 Å². The Morgan fingerprint density at radius 2 is 2.21 bits per heavy atom. The lowest BCUT2D eigenvalue weighted by Gasteiger charge is -2.07. The molecule has 0 unspecified atom stereocenters. The van der Waals surface area contributed by atoms with Gasteiger partial charge < -0.3 is 9.72 Å². The minimum atomic E-state index is -0.00434. The molecule has 2 rings (SSSR count). The Balaban J connectivity index is 2.37. The molecule has 2 aromatic heterocycles. The van der Waals surface area contributed by atoms with Crippen LogP contribution in [-0.4, -0.2) is 16.6 Å². The molecule has 0 aliphatic heterocycles. The quantitative estimate of drug-likeness (QED) is 0.855. The Bertz CT molecular complexity index is 642. The zero-order valence-corrected chi connectivity index (χ0v) is 11.1. The fraction of sp³-hybridized carbons (Fsp3) is 0.200. The number of rotatable bonds is 4. The second-order valence-electron chi connectivity index (χ2n) is 4.30. The number of nitrogens with one attached hydrogen (secondary N) is 1. The van der Waals surface area contributed by atoms with Crippen molar-refractivity contribution in [3.8, 4) is 17.0 Å². The molecule has 0 saturated carbocycles. The van der Waals surface area contributed by atoms with Crippen LogP contribution in [0.15, 0.2) is 41.8 Å². The van der Waals surface area contributed by atoms with Gasteiger partial charge in [0.2, 0.25) is 5.88 Å². The summed E-state index contributed by atoms with van der Waals surface area (Å²) in [5.41, 5.74) is 3.12. The van der Waals surface area contributed by atoms with E-state index in [-0.39, 0.29) is 5.43 Å². The van der Waals surface area contributed by atoms with Crippen LogP contribution in [-0.2, 0) is 0 Å². The van der Waals surface area contributed by atoms with Crippen molar-refractivity contribution >= 4 is 0 Å². The van der Waals surface area contributed by atoms with Crippen LogP contribution in [0, 0.1) is 13.8 Å². The molecule has 0 aromatic carbocycles. The molecule has 0 aliphatic carbocycles. The Morgan fingerprint density at radius 3 is 2.79 bits per heavy atom. The third-order valence-corrected chi connectivity index (χ3v) is 2.73. The first-order chi connectivity index (χ1) is 9.11. The highest BCUT2D eigenvalue weighted by Crippen LogP contribution is 2.19. The van der Waals surface area contributed by atoms with Crippen molar-refractivity contribution in [1.82, 2.24) is 9.97 Å². The first-order valence-corrected chi connectivity index (χ1v) is 6.02. The summed E-state index contributed by atoms with van der Waals surface area (Å²) in [7, 11) is 0. The molecule has 19 heavy (non-hydrogen) atoms. The second kappa shape index (κ2) is 5.52. The topological polar surface area (TPSA) is 55.0 Å². The van der Waals surface area contributed by atoms with Crippen molar-refractivity contribution in [1.29, 1.82) is 0 Å². The van der Waals surface area contributed by atoms with Gasteiger partial charge in [0.05, 0.1) is 0 Å². The molecule has 98 valence electrons. The van der Waals surface area contributed by atoms with Gasteiger partial charge in [0.25, 0.3) is 0 Å². The van der Waals surface area contributed by atoms with E-state index >= 15 is 0 Å². The van der Waals surface area contributed by atoms with E-state index in [4.69, 9.17) is 4.74 Å². The number of hydrogen-bond acceptors (Lipinski definition) is 3. The van der Waals surface area contributed by atoms with E-state index in [9.17, 15) is 4.79 Å². The molecule has 2 heterocycles. The van der Waals surface area contributed by atoms with Gasteiger partial charge in [-0.05, 0) is 19.9 Å². The SMILES string of the molecule is C=CCOc1ccc(-c2c(C)[nH]c(C)cc2=O)cn1. The van der Waals surface area contributed by atoms with Crippen molar-refractivity contribution in [3.05, 3.63) is 58.7 Å². The highest BCUT2D eigenvalue weighted by atomic mass is 16.5. The third-order valence-electron chi connectivity index (χ3n) is 2.73. The van der Waals surface area contributed by atoms with E-state index in [0.717, 1.165) is 17.0 Å². The van der Waals surface area contributed by atoms with Crippen molar-refractivity contribution < 1.29 is 4.74 Å². The molecule has 2 aromatic rings. The number of aryl methyl sites for hydroxylation is 2. The molecular formula is C15H16N2O2. The summed E-state index contributed by atoms with van der Waals surface area (Å²) in [6.45, 7) is 7.73. The molecule has 4 heteroatoms.